The molecule has 1 amide bonds. The van der Waals surface area contributed by atoms with Crippen LogP contribution in [0, 0.1) is 0 Å². The number of halogens is 2. The first-order chi connectivity index (χ1) is 12.9. The van der Waals surface area contributed by atoms with Crippen LogP contribution in [0.15, 0.2) is 35.3 Å². The first-order valence-corrected chi connectivity index (χ1v) is 9.38. The van der Waals surface area contributed by atoms with Gasteiger partial charge in [-0.3, -0.25) is 4.79 Å². The molecule has 0 spiro atoms. The van der Waals surface area contributed by atoms with Crippen molar-refractivity contribution in [1.29, 1.82) is 0 Å². The van der Waals surface area contributed by atoms with Gasteiger partial charge >= 0.3 is 5.69 Å². The highest BCUT2D eigenvalue weighted by Crippen LogP contribution is 2.39. The monoisotopic (exact) mass is 405 g/mol. The fourth-order valence-corrected chi connectivity index (χ4v) is 3.26. The Balaban J connectivity index is 1.49. The van der Waals surface area contributed by atoms with Crippen LogP contribution < -0.4 is 11.0 Å². The molecule has 1 aliphatic rings. The van der Waals surface area contributed by atoms with Crippen LogP contribution >= 0.6 is 23.2 Å². The molecule has 9 heteroatoms. The average Bonchev–Trinajstić information content (AvgIpc) is 3.43. The Hall–Kier alpha value is -2.38. The number of carbonyl (C=O) groups excluding carboxylic acids is 1. The van der Waals surface area contributed by atoms with Crippen LogP contribution in [0.5, 0.6) is 0 Å². The summed E-state index contributed by atoms with van der Waals surface area (Å²) in [6.45, 7) is 1.64. The Labute approximate surface area is 164 Å². The molecular formula is C18H17Cl2N5O2. The molecule has 0 bridgehead atoms. The molecule has 1 aromatic carbocycles. The zero-order valence-electron chi connectivity index (χ0n) is 14.5. The van der Waals surface area contributed by atoms with Crippen LogP contribution in [0.4, 0.5) is 0 Å². The van der Waals surface area contributed by atoms with Crippen LogP contribution in [-0.2, 0) is 11.3 Å². The summed E-state index contributed by atoms with van der Waals surface area (Å²) in [5.41, 5.74) is 1.91. The molecule has 1 fully saturated rings. The zero-order chi connectivity index (χ0) is 19.1. The molecule has 7 nitrogen and oxygen atoms in total. The van der Waals surface area contributed by atoms with E-state index in [1.807, 2.05) is 13.0 Å². The summed E-state index contributed by atoms with van der Waals surface area (Å²) in [6.07, 6.45) is 3.97. The quantitative estimate of drug-likeness (QED) is 0.707. The molecule has 0 aliphatic heterocycles. The van der Waals surface area contributed by atoms with Crippen LogP contribution in [0.2, 0.25) is 10.0 Å². The molecule has 1 atom stereocenters. The van der Waals surface area contributed by atoms with Gasteiger partial charge in [0.2, 0.25) is 5.91 Å². The van der Waals surface area contributed by atoms with Gasteiger partial charge in [-0.25, -0.2) is 9.48 Å². The second-order valence-corrected chi connectivity index (χ2v) is 7.55. The van der Waals surface area contributed by atoms with Gasteiger partial charge in [-0.2, -0.15) is 9.61 Å². The predicted molar refractivity (Wildman–Crippen MR) is 102 cm³/mol. The van der Waals surface area contributed by atoms with E-state index < -0.39 is 5.69 Å². The SMILES string of the molecule is C[C@H](NC(=O)Cn1nc2cc(C3CC3)cnn2c1=O)c1ccc(Cl)c(Cl)c1. The van der Waals surface area contributed by atoms with Gasteiger partial charge in [0.25, 0.3) is 0 Å². The van der Waals surface area contributed by atoms with E-state index in [-0.39, 0.29) is 18.5 Å². The van der Waals surface area contributed by atoms with Crippen LogP contribution in [0.25, 0.3) is 5.65 Å². The Morgan fingerprint density at radius 2 is 2.07 bits per heavy atom. The van der Waals surface area contributed by atoms with Crippen LogP contribution in [0.3, 0.4) is 0 Å². The lowest BCUT2D eigenvalue weighted by atomic mass is 10.1. The van der Waals surface area contributed by atoms with E-state index in [4.69, 9.17) is 23.2 Å². The summed E-state index contributed by atoms with van der Waals surface area (Å²) in [6, 6.07) is 6.74. The van der Waals surface area contributed by atoms with Crippen molar-refractivity contribution in [3.8, 4) is 0 Å². The average molecular weight is 406 g/mol. The van der Waals surface area contributed by atoms with Crippen molar-refractivity contribution in [3.63, 3.8) is 0 Å². The van der Waals surface area contributed by atoms with E-state index in [2.05, 4.69) is 15.5 Å². The molecule has 1 aliphatic carbocycles. The lowest BCUT2D eigenvalue weighted by Crippen LogP contribution is -2.34. The highest BCUT2D eigenvalue weighted by atomic mass is 35.5. The van der Waals surface area contributed by atoms with Gasteiger partial charge < -0.3 is 5.32 Å². The molecule has 3 aromatic rings. The summed E-state index contributed by atoms with van der Waals surface area (Å²) >= 11 is 11.9. The summed E-state index contributed by atoms with van der Waals surface area (Å²) in [5, 5.41) is 12.1. The van der Waals surface area contributed by atoms with Crippen molar-refractivity contribution in [2.24, 2.45) is 0 Å². The standard InChI is InChI=1S/C18H17Cl2N5O2/c1-10(12-4-5-14(19)15(20)6-12)22-17(26)9-24-18(27)25-16(23-24)7-13(8-21-25)11-2-3-11/h4-8,10-11H,2-3,9H2,1H3,(H,22,26)/t10-/m0/s1. The van der Waals surface area contributed by atoms with Crippen molar-refractivity contribution in [3.05, 3.63) is 62.1 Å². The Morgan fingerprint density at radius 3 is 2.78 bits per heavy atom. The number of nitrogens with zero attached hydrogens (tertiary/aromatic N) is 4. The number of hydrogen-bond acceptors (Lipinski definition) is 4. The van der Waals surface area contributed by atoms with Crippen molar-refractivity contribution in [1.82, 2.24) is 24.7 Å². The van der Waals surface area contributed by atoms with Crippen LogP contribution in [-0.4, -0.2) is 25.3 Å². The minimum atomic E-state index is -0.440. The highest BCUT2D eigenvalue weighted by Gasteiger charge is 2.25. The molecule has 0 saturated heterocycles. The number of benzene rings is 1. The summed E-state index contributed by atoms with van der Waals surface area (Å²) < 4.78 is 2.33. The van der Waals surface area contributed by atoms with Gasteiger partial charge in [-0.1, -0.05) is 29.3 Å². The first-order valence-electron chi connectivity index (χ1n) is 8.62. The van der Waals surface area contributed by atoms with Crippen molar-refractivity contribution >= 4 is 34.8 Å². The first kappa shape index (κ1) is 18.0. The fraction of sp³-hybridized carbons (Fsp3) is 0.333. The molecule has 27 heavy (non-hydrogen) atoms. The van der Waals surface area contributed by atoms with E-state index in [0.717, 1.165) is 28.7 Å². The van der Waals surface area contributed by atoms with Gasteiger partial charge in [0.15, 0.2) is 5.65 Å². The Kier molecular flexibility index (Phi) is 4.65. The maximum atomic E-state index is 12.4. The smallest absolute Gasteiger partial charge is 0.348 e. The molecule has 2 heterocycles. The maximum absolute atomic E-state index is 12.4. The van der Waals surface area contributed by atoms with E-state index in [1.54, 1.807) is 24.4 Å². The van der Waals surface area contributed by atoms with E-state index in [9.17, 15) is 9.59 Å². The third-order valence-corrected chi connectivity index (χ3v) is 5.36. The molecular weight excluding hydrogens is 389 g/mol. The zero-order valence-corrected chi connectivity index (χ0v) is 16.0. The van der Waals surface area contributed by atoms with Crippen molar-refractivity contribution in [2.45, 2.75) is 38.3 Å². The van der Waals surface area contributed by atoms with Crippen LogP contribution in [0.1, 0.15) is 42.9 Å². The van der Waals surface area contributed by atoms with E-state index in [0.29, 0.717) is 21.6 Å². The van der Waals surface area contributed by atoms with Gasteiger partial charge in [-0.05, 0) is 55.0 Å². The molecule has 0 radical (unpaired) electrons. The fourth-order valence-electron chi connectivity index (χ4n) is 2.96. The largest absolute Gasteiger partial charge is 0.367 e. The number of fused-ring (bicyclic) bond motifs is 1. The number of aromatic nitrogens is 4. The van der Waals surface area contributed by atoms with Gasteiger partial charge in [0.1, 0.15) is 6.54 Å². The minimum absolute atomic E-state index is 0.188. The summed E-state index contributed by atoms with van der Waals surface area (Å²) in [4.78, 5) is 24.8. The molecule has 1 N–H and O–H groups in total. The van der Waals surface area contributed by atoms with E-state index in [1.165, 1.54) is 4.52 Å². The number of nitrogens with one attached hydrogen (secondary N) is 1. The molecule has 2 aromatic heterocycles. The van der Waals surface area contributed by atoms with Crippen molar-refractivity contribution in [2.75, 3.05) is 0 Å². The van der Waals surface area contributed by atoms with E-state index >= 15 is 0 Å². The normalized spacial score (nSPS) is 15.1. The maximum Gasteiger partial charge on any atom is 0.367 e. The summed E-state index contributed by atoms with van der Waals surface area (Å²) in [7, 11) is 0. The topological polar surface area (TPSA) is 81.3 Å². The van der Waals surface area contributed by atoms with Crippen molar-refractivity contribution < 1.29 is 4.79 Å². The molecule has 4 rings (SSSR count). The second-order valence-electron chi connectivity index (χ2n) is 6.74. The molecule has 1 saturated carbocycles. The lowest BCUT2D eigenvalue weighted by Gasteiger charge is -2.14. The third kappa shape index (κ3) is 3.70. The predicted octanol–water partition coefficient (Wildman–Crippen LogP) is 2.95. The third-order valence-electron chi connectivity index (χ3n) is 4.62. The number of hydrogen-bond donors (Lipinski definition) is 1. The lowest BCUT2D eigenvalue weighted by molar-refractivity contribution is -0.122. The van der Waals surface area contributed by atoms with Gasteiger partial charge in [0, 0.05) is 0 Å². The van der Waals surface area contributed by atoms with Gasteiger partial charge in [-0.15, -0.1) is 5.10 Å². The molecule has 0 unspecified atom stereocenters. The number of amides is 1. The number of rotatable bonds is 5. The highest BCUT2D eigenvalue weighted by molar-refractivity contribution is 6.42. The summed E-state index contributed by atoms with van der Waals surface area (Å²) in [5.74, 6) is 0.180. The number of carbonyl (C=O) groups is 1. The van der Waals surface area contributed by atoms with Gasteiger partial charge in [0.05, 0.1) is 22.3 Å². The second kappa shape index (κ2) is 6.98. The Morgan fingerprint density at radius 1 is 1.30 bits per heavy atom. The Bertz CT molecular complexity index is 1090. The molecule has 140 valence electrons. The minimum Gasteiger partial charge on any atom is -0.348 e.